The second kappa shape index (κ2) is 5.88. The van der Waals surface area contributed by atoms with Gasteiger partial charge in [0.1, 0.15) is 0 Å². The number of hydrogen-bond acceptors (Lipinski definition) is 2. The molecule has 0 fully saturated rings. The molecule has 0 bridgehead atoms. The molecule has 0 aliphatic carbocycles. The number of benzene rings is 1. The van der Waals surface area contributed by atoms with Crippen molar-refractivity contribution in [3.63, 3.8) is 0 Å². The predicted octanol–water partition coefficient (Wildman–Crippen LogP) is 2.94. The first-order valence-electron chi connectivity index (χ1n) is 5.81. The molecule has 19 heavy (non-hydrogen) atoms. The minimum Gasteiger partial charge on any atom is -0.478 e. The quantitative estimate of drug-likeness (QED) is 0.822. The monoisotopic (exact) mass is 324 g/mol. The third kappa shape index (κ3) is 3.35. The van der Waals surface area contributed by atoms with Gasteiger partial charge in [0, 0.05) is 17.6 Å². The van der Waals surface area contributed by atoms with Gasteiger partial charge in [-0.2, -0.15) is 0 Å². The molecule has 0 saturated heterocycles. The minimum absolute atomic E-state index is 0.136. The molecule has 5 nitrogen and oxygen atoms in total. The third-order valence-electron chi connectivity index (χ3n) is 2.80. The first kappa shape index (κ1) is 13.6. The molecule has 0 unspecified atom stereocenters. The Balaban J connectivity index is 2.13. The van der Waals surface area contributed by atoms with E-state index in [4.69, 9.17) is 5.11 Å². The van der Waals surface area contributed by atoms with Crippen molar-refractivity contribution < 1.29 is 14.7 Å². The number of rotatable bonds is 2. The van der Waals surface area contributed by atoms with Crippen molar-refractivity contribution in [3.8, 4) is 0 Å². The van der Waals surface area contributed by atoms with Gasteiger partial charge < -0.3 is 15.3 Å². The first-order valence-corrected chi connectivity index (χ1v) is 6.61. The second-order valence-electron chi connectivity index (χ2n) is 4.14. The molecule has 2 N–H and O–H groups in total. The molecule has 1 aliphatic heterocycles. The number of aromatic carboxylic acids is 1. The standard InChI is InChI=1S/C13H13BrN2O3/c14-10-5-4-9(12(17)18)8-11(10)15-13(19)16-6-2-1-3-7-16/h1-2,4-5,8H,3,6-7H2,(H,15,19)(H,17,18). The number of amides is 2. The van der Waals surface area contributed by atoms with Crippen LogP contribution in [0.15, 0.2) is 34.8 Å². The summed E-state index contributed by atoms with van der Waals surface area (Å²) >= 11 is 3.29. The van der Waals surface area contributed by atoms with E-state index in [1.807, 2.05) is 12.2 Å². The van der Waals surface area contributed by atoms with E-state index >= 15 is 0 Å². The van der Waals surface area contributed by atoms with Gasteiger partial charge in [0.2, 0.25) is 0 Å². The van der Waals surface area contributed by atoms with Crippen LogP contribution in [0.2, 0.25) is 0 Å². The zero-order valence-corrected chi connectivity index (χ0v) is 11.7. The topological polar surface area (TPSA) is 69.6 Å². The molecule has 0 radical (unpaired) electrons. The van der Waals surface area contributed by atoms with E-state index in [2.05, 4.69) is 21.2 Å². The van der Waals surface area contributed by atoms with Crippen molar-refractivity contribution in [2.24, 2.45) is 0 Å². The Morgan fingerprint density at radius 2 is 2.11 bits per heavy atom. The summed E-state index contributed by atoms with van der Waals surface area (Å²) in [6, 6.07) is 4.29. The predicted molar refractivity (Wildman–Crippen MR) is 75.5 cm³/mol. The van der Waals surface area contributed by atoms with Crippen LogP contribution >= 0.6 is 15.9 Å². The fraction of sp³-hybridized carbons (Fsp3) is 0.231. The van der Waals surface area contributed by atoms with Crippen molar-refractivity contribution in [3.05, 3.63) is 40.4 Å². The largest absolute Gasteiger partial charge is 0.478 e. The van der Waals surface area contributed by atoms with Crippen molar-refractivity contribution in [2.75, 3.05) is 18.4 Å². The van der Waals surface area contributed by atoms with Gasteiger partial charge in [-0.1, -0.05) is 12.2 Å². The summed E-state index contributed by atoms with van der Waals surface area (Å²) in [6.45, 7) is 1.24. The molecular formula is C13H13BrN2O3. The van der Waals surface area contributed by atoms with E-state index in [0.29, 0.717) is 23.2 Å². The van der Waals surface area contributed by atoms with Gasteiger partial charge >= 0.3 is 12.0 Å². The summed E-state index contributed by atoms with van der Waals surface area (Å²) in [7, 11) is 0. The van der Waals surface area contributed by atoms with Gasteiger partial charge in [-0.15, -0.1) is 0 Å². The minimum atomic E-state index is -1.02. The second-order valence-corrected chi connectivity index (χ2v) is 4.99. The van der Waals surface area contributed by atoms with Gasteiger partial charge in [0.05, 0.1) is 11.3 Å². The molecule has 2 rings (SSSR count). The number of anilines is 1. The highest BCUT2D eigenvalue weighted by molar-refractivity contribution is 9.10. The van der Waals surface area contributed by atoms with E-state index in [1.165, 1.54) is 12.1 Å². The normalized spacial score (nSPS) is 14.3. The fourth-order valence-electron chi connectivity index (χ4n) is 1.77. The van der Waals surface area contributed by atoms with Crippen LogP contribution in [-0.2, 0) is 0 Å². The van der Waals surface area contributed by atoms with Crippen LogP contribution in [0.3, 0.4) is 0 Å². The average molecular weight is 325 g/mol. The summed E-state index contributed by atoms with van der Waals surface area (Å²) in [5.41, 5.74) is 0.594. The van der Waals surface area contributed by atoms with Crippen molar-refractivity contribution in [1.82, 2.24) is 4.90 Å². The van der Waals surface area contributed by atoms with Crippen molar-refractivity contribution >= 4 is 33.6 Å². The molecule has 0 aromatic heterocycles. The van der Waals surface area contributed by atoms with Gasteiger partial charge in [-0.05, 0) is 40.5 Å². The maximum absolute atomic E-state index is 12.0. The lowest BCUT2D eigenvalue weighted by Crippen LogP contribution is -2.37. The summed E-state index contributed by atoms with van der Waals surface area (Å²) in [5.74, 6) is -1.02. The van der Waals surface area contributed by atoms with Gasteiger partial charge in [0.25, 0.3) is 0 Å². The lowest BCUT2D eigenvalue weighted by atomic mass is 10.2. The number of hydrogen-bond donors (Lipinski definition) is 2. The molecule has 1 aromatic carbocycles. The van der Waals surface area contributed by atoms with E-state index in [-0.39, 0.29) is 11.6 Å². The molecule has 2 amide bonds. The number of carbonyl (C=O) groups is 2. The summed E-state index contributed by atoms with van der Waals surface area (Å²) in [6.07, 6.45) is 4.81. The molecule has 1 heterocycles. The number of nitrogens with zero attached hydrogens (tertiary/aromatic N) is 1. The average Bonchev–Trinajstić information content (AvgIpc) is 2.42. The van der Waals surface area contributed by atoms with Crippen molar-refractivity contribution in [2.45, 2.75) is 6.42 Å². The third-order valence-corrected chi connectivity index (χ3v) is 3.49. The molecule has 0 spiro atoms. The highest BCUT2D eigenvalue weighted by atomic mass is 79.9. The zero-order valence-electron chi connectivity index (χ0n) is 10.1. The SMILES string of the molecule is O=C(O)c1ccc(Br)c(NC(=O)N2CC=CCC2)c1. The van der Waals surface area contributed by atoms with Crippen LogP contribution in [0, 0.1) is 0 Å². The molecule has 1 aliphatic rings. The molecule has 1 aromatic rings. The molecule has 6 heteroatoms. The summed E-state index contributed by atoms with van der Waals surface area (Å²) in [5, 5.41) is 11.7. The Morgan fingerprint density at radius 3 is 2.74 bits per heavy atom. The molecule has 0 saturated carbocycles. The van der Waals surface area contributed by atoms with E-state index in [1.54, 1.807) is 11.0 Å². The smallest absolute Gasteiger partial charge is 0.335 e. The van der Waals surface area contributed by atoms with Gasteiger partial charge in [-0.25, -0.2) is 9.59 Å². The Labute approximate surface area is 119 Å². The highest BCUT2D eigenvalue weighted by Crippen LogP contribution is 2.24. The fourth-order valence-corrected chi connectivity index (χ4v) is 2.12. The Morgan fingerprint density at radius 1 is 1.32 bits per heavy atom. The number of halogens is 1. The lowest BCUT2D eigenvalue weighted by Gasteiger charge is -2.24. The van der Waals surface area contributed by atoms with E-state index in [9.17, 15) is 9.59 Å². The first-order chi connectivity index (χ1) is 9.08. The van der Waals surface area contributed by atoms with Gasteiger partial charge in [0.15, 0.2) is 0 Å². The molecule has 0 atom stereocenters. The van der Waals surface area contributed by atoms with E-state index < -0.39 is 5.97 Å². The lowest BCUT2D eigenvalue weighted by molar-refractivity contribution is 0.0697. The van der Waals surface area contributed by atoms with Crippen LogP contribution in [0.1, 0.15) is 16.8 Å². The van der Waals surface area contributed by atoms with E-state index in [0.717, 1.165) is 6.42 Å². The Kier molecular flexibility index (Phi) is 4.21. The Hall–Kier alpha value is -1.82. The number of carboxylic acids is 1. The summed E-state index contributed by atoms with van der Waals surface area (Å²) in [4.78, 5) is 24.6. The maximum atomic E-state index is 12.0. The molecular weight excluding hydrogens is 312 g/mol. The Bertz CT molecular complexity index is 543. The van der Waals surface area contributed by atoms with Gasteiger partial charge in [-0.3, -0.25) is 0 Å². The van der Waals surface area contributed by atoms with Crippen LogP contribution in [0.4, 0.5) is 10.5 Å². The van der Waals surface area contributed by atoms with Crippen LogP contribution in [-0.4, -0.2) is 35.1 Å². The maximum Gasteiger partial charge on any atom is 0.335 e. The number of nitrogens with one attached hydrogen (secondary N) is 1. The molecule has 100 valence electrons. The zero-order chi connectivity index (χ0) is 13.8. The number of carbonyl (C=O) groups excluding carboxylic acids is 1. The highest BCUT2D eigenvalue weighted by Gasteiger charge is 2.15. The number of carboxylic acid groups (broad SMARTS) is 1. The van der Waals surface area contributed by atoms with Crippen LogP contribution in [0.25, 0.3) is 0 Å². The van der Waals surface area contributed by atoms with Crippen molar-refractivity contribution in [1.29, 1.82) is 0 Å². The van der Waals surface area contributed by atoms with Crippen LogP contribution in [0.5, 0.6) is 0 Å². The van der Waals surface area contributed by atoms with Crippen LogP contribution < -0.4 is 5.32 Å². The summed E-state index contributed by atoms with van der Waals surface area (Å²) < 4.78 is 0.651. The number of urea groups is 1.